The van der Waals surface area contributed by atoms with Crippen molar-refractivity contribution >= 4 is 11.4 Å². The summed E-state index contributed by atoms with van der Waals surface area (Å²) < 4.78 is 5.32. The third kappa shape index (κ3) is 3.62. The molecule has 1 aromatic rings. The maximum absolute atomic E-state index is 11.2. The van der Waals surface area contributed by atoms with Gasteiger partial charge in [-0.1, -0.05) is 6.92 Å². The minimum Gasteiger partial charge on any atom is -0.494 e. The second-order valence-corrected chi connectivity index (χ2v) is 5.47. The average molecular weight is 278 g/mol. The second-order valence-electron chi connectivity index (χ2n) is 5.47. The average Bonchev–Trinajstić information content (AvgIpc) is 2.43. The molecule has 0 bridgehead atoms. The fourth-order valence-electron chi connectivity index (χ4n) is 2.67. The van der Waals surface area contributed by atoms with E-state index in [1.165, 1.54) is 18.9 Å². The van der Waals surface area contributed by atoms with Crippen molar-refractivity contribution in [2.24, 2.45) is 5.92 Å². The van der Waals surface area contributed by atoms with Gasteiger partial charge >= 0.3 is 0 Å². The van der Waals surface area contributed by atoms with E-state index in [-0.39, 0.29) is 10.6 Å². The Balaban J connectivity index is 2.12. The van der Waals surface area contributed by atoms with Gasteiger partial charge in [-0.05, 0) is 50.7 Å². The first-order chi connectivity index (χ1) is 9.60. The molecule has 0 aliphatic heterocycles. The van der Waals surface area contributed by atoms with Crippen molar-refractivity contribution < 1.29 is 9.66 Å². The molecule has 1 fully saturated rings. The quantitative estimate of drug-likeness (QED) is 0.653. The number of nitrogens with zero attached hydrogens (tertiary/aromatic N) is 1. The van der Waals surface area contributed by atoms with Gasteiger partial charge in [0.25, 0.3) is 5.69 Å². The van der Waals surface area contributed by atoms with E-state index in [4.69, 9.17) is 4.74 Å². The van der Waals surface area contributed by atoms with Crippen LogP contribution in [0.2, 0.25) is 0 Å². The van der Waals surface area contributed by atoms with Gasteiger partial charge < -0.3 is 10.1 Å². The number of hydrogen-bond donors (Lipinski definition) is 1. The summed E-state index contributed by atoms with van der Waals surface area (Å²) in [5.74, 6) is 1.31. The lowest BCUT2D eigenvalue weighted by Gasteiger charge is -2.27. The summed E-state index contributed by atoms with van der Waals surface area (Å²) in [5.41, 5.74) is 0.688. The van der Waals surface area contributed by atoms with E-state index in [0.29, 0.717) is 24.1 Å². The highest BCUT2D eigenvalue weighted by Crippen LogP contribution is 2.32. The molecule has 0 spiro atoms. The highest BCUT2D eigenvalue weighted by Gasteiger charge is 2.22. The standard InChI is InChI=1S/C15H22N2O3/c1-3-20-13-8-9-14(15(10-13)17(18)19)16-12-6-4-11(2)5-7-12/h8-12,16H,3-7H2,1-2H3. The summed E-state index contributed by atoms with van der Waals surface area (Å²) in [4.78, 5) is 10.8. The van der Waals surface area contributed by atoms with Gasteiger partial charge in [-0.2, -0.15) is 0 Å². The molecule has 5 nitrogen and oxygen atoms in total. The highest BCUT2D eigenvalue weighted by molar-refractivity contribution is 5.64. The molecule has 110 valence electrons. The zero-order valence-corrected chi connectivity index (χ0v) is 12.1. The van der Waals surface area contributed by atoms with Crippen molar-refractivity contribution in [3.05, 3.63) is 28.3 Å². The summed E-state index contributed by atoms with van der Waals surface area (Å²) in [6, 6.07) is 5.37. The number of nitro groups is 1. The van der Waals surface area contributed by atoms with Crippen LogP contribution in [-0.4, -0.2) is 17.6 Å². The number of hydrogen-bond acceptors (Lipinski definition) is 4. The highest BCUT2D eigenvalue weighted by atomic mass is 16.6. The Bertz CT molecular complexity index is 468. The molecule has 0 atom stereocenters. The number of anilines is 1. The lowest BCUT2D eigenvalue weighted by atomic mass is 9.87. The summed E-state index contributed by atoms with van der Waals surface area (Å²) >= 11 is 0. The van der Waals surface area contributed by atoms with E-state index >= 15 is 0 Å². The molecule has 20 heavy (non-hydrogen) atoms. The van der Waals surface area contributed by atoms with Crippen LogP contribution in [0.4, 0.5) is 11.4 Å². The van der Waals surface area contributed by atoms with Crippen LogP contribution < -0.4 is 10.1 Å². The predicted molar refractivity (Wildman–Crippen MR) is 79.3 cm³/mol. The van der Waals surface area contributed by atoms with Gasteiger partial charge in [0.05, 0.1) is 17.6 Å². The lowest BCUT2D eigenvalue weighted by Crippen LogP contribution is -2.25. The third-order valence-corrected chi connectivity index (χ3v) is 3.85. The normalized spacial score (nSPS) is 22.3. The van der Waals surface area contributed by atoms with E-state index in [2.05, 4.69) is 12.2 Å². The molecule has 0 radical (unpaired) electrons. The minimum atomic E-state index is -0.351. The van der Waals surface area contributed by atoms with E-state index in [0.717, 1.165) is 18.8 Å². The summed E-state index contributed by atoms with van der Waals surface area (Å²) in [6.45, 7) is 4.63. The molecule has 0 saturated heterocycles. The Morgan fingerprint density at radius 1 is 1.35 bits per heavy atom. The number of nitro benzene ring substituents is 1. The molecule has 1 aliphatic rings. The number of rotatable bonds is 5. The largest absolute Gasteiger partial charge is 0.494 e. The molecular weight excluding hydrogens is 256 g/mol. The first-order valence-electron chi connectivity index (χ1n) is 7.28. The summed E-state index contributed by atoms with van der Waals surface area (Å²) in [6.07, 6.45) is 4.52. The van der Waals surface area contributed by atoms with Crippen LogP contribution in [-0.2, 0) is 0 Å². The first kappa shape index (κ1) is 14.6. The van der Waals surface area contributed by atoms with Gasteiger partial charge in [-0.3, -0.25) is 10.1 Å². The fourth-order valence-corrected chi connectivity index (χ4v) is 2.67. The van der Waals surface area contributed by atoms with Crippen molar-refractivity contribution in [2.45, 2.75) is 45.6 Å². The Morgan fingerprint density at radius 2 is 2.05 bits per heavy atom. The van der Waals surface area contributed by atoms with Crippen LogP contribution in [0.15, 0.2) is 18.2 Å². The molecule has 1 saturated carbocycles. The van der Waals surface area contributed by atoms with Crippen LogP contribution in [0.25, 0.3) is 0 Å². The van der Waals surface area contributed by atoms with Gasteiger partial charge in [0.1, 0.15) is 11.4 Å². The molecule has 0 unspecified atom stereocenters. The first-order valence-corrected chi connectivity index (χ1v) is 7.28. The number of nitrogens with one attached hydrogen (secondary N) is 1. The van der Waals surface area contributed by atoms with Crippen molar-refractivity contribution in [3.63, 3.8) is 0 Å². The fraction of sp³-hybridized carbons (Fsp3) is 0.600. The maximum Gasteiger partial charge on any atom is 0.296 e. The van der Waals surface area contributed by atoms with Gasteiger partial charge in [0, 0.05) is 6.04 Å². The van der Waals surface area contributed by atoms with E-state index in [1.54, 1.807) is 12.1 Å². The Hall–Kier alpha value is -1.78. The van der Waals surface area contributed by atoms with Crippen LogP contribution in [0, 0.1) is 16.0 Å². The molecule has 0 aromatic heterocycles. The van der Waals surface area contributed by atoms with Crippen molar-refractivity contribution in [1.82, 2.24) is 0 Å². The third-order valence-electron chi connectivity index (χ3n) is 3.85. The molecule has 2 rings (SSSR count). The van der Waals surface area contributed by atoms with Crippen molar-refractivity contribution in [3.8, 4) is 5.75 Å². The Labute approximate surface area is 119 Å². The van der Waals surface area contributed by atoms with Crippen LogP contribution >= 0.6 is 0 Å². The van der Waals surface area contributed by atoms with E-state index in [1.807, 2.05) is 6.92 Å². The van der Waals surface area contributed by atoms with E-state index in [9.17, 15) is 10.1 Å². The molecular formula is C15H22N2O3. The predicted octanol–water partition coefficient (Wildman–Crippen LogP) is 3.98. The van der Waals surface area contributed by atoms with Crippen LogP contribution in [0.5, 0.6) is 5.75 Å². The second kappa shape index (κ2) is 6.59. The summed E-state index contributed by atoms with van der Waals surface area (Å²) in [7, 11) is 0. The zero-order valence-electron chi connectivity index (χ0n) is 12.1. The monoisotopic (exact) mass is 278 g/mol. The maximum atomic E-state index is 11.2. The molecule has 1 aromatic carbocycles. The Kier molecular flexibility index (Phi) is 4.82. The van der Waals surface area contributed by atoms with Gasteiger partial charge in [-0.25, -0.2) is 0 Å². The van der Waals surface area contributed by atoms with Crippen molar-refractivity contribution in [1.29, 1.82) is 0 Å². The van der Waals surface area contributed by atoms with Gasteiger partial charge in [0.2, 0.25) is 0 Å². The lowest BCUT2D eigenvalue weighted by molar-refractivity contribution is -0.384. The number of benzene rings is 1. The zero-order chi connectivity index (χ0) is 14.5. The van der Waals surface area contributed by atoms with Crippen LogP contribution in [0.1, 0.15) is 39.5 Å². The molecule has 5 heteroatoms. The molecule has 1 N–H and O–H groups in total. The van der Waals surface area contributed by atoms with Crippen molar-refractivity contribution in [2.75, 3.05) is 11.9 Å². The molecule has 0 heterocycles. The van der Waals surface area contributed by atoms with Gasteiger partial charge in [-0.15, -0.1) is 0 Å². The van der Waals surface area contributed by atoms with E-state index < -0.39 is 0 Å². The topological polar surface area (TPSA) is 64.4 Å². The molecule has 1 aliphatic carbocycles. The smallest absolute Gasteiger partial charge is 0.296 e. The summed E-state index contributed by atoms with van der Waals surface area (Å²) in [5, 5.41) is 14.5. The minimum absolute atomic E-state index is 0.0922. The molecule has 0 amide bonds. The van der Waals surface area contributed by atoms with Gasteiger partial charge in [0.15, 0.2) is 0 Å². The SMILES string of the molecule is CCOc1ccc(NC2CCC(C)CC2)c([N+](=O)[O-])c1. The number of ether oxygens (including phenoxy) is 1. The Morgan fingerprint density at radius 3 is 2.65 bits per heavy atom. The van der Waals surface area contributed by atoms with Crippen LogP contribution in [0.3, 0.4) is 0 Å².